The highest BCUT2D eigenvalue weighted by molar-refractivity contribution is 5.44. The molecule has 96 valence electrons. The number of methoxy groups -OCH3 is 2. The molecule has 0 fully saturated rings. The topological polar surface area (TPSA) is 62.3 Å². The summed E-state index contributed by atoms with van der Waals surface area (Å²) in [6.07, 6.45) is 1.73. The number of nitrogens with zero attached hydrogens (tertiary/aromatic N) is 2. The lowest BCUT2D eigenvalue weighted by atomic mass is 10.0. The van der Waals surface area contributed by atoms with Crippen molar-refractivity contribution in [1.29, 1.82) is 0 Å². The summed E-state index contributed by atoms with van der Waals surface area (Å²) in [6, 6.07) is 7.22. The van der Waals surface area contributed by atoms with Gasteiger partial charge in [-0.05, 0) is 18.2 Å². The Morgan fingerprint density at radius 2 is 2.00 bits per heavy atom. The SMILES string of the molecule is COc1ccc(C(N)c2ccnn2C)c(OC)c1. The van der Waals surface area contributed by atoms with Crippen molar-refractivity contribution in [2.75, 3.05) is 14.2 Å². The summed E-state index contributed by atoms with van der Waals surface area (Å²) in [5.41, 5.74) is 8.08. The molecule has 18 heavy (non-hydrogen) atoms. The Morgan fingerprint density at radius 3 is 2.56 bits per heavy atom. The third kappa shape index (κ3) is 2.17. The fourth-order valence-electron chi connectivity index (χ4n) is 1.92. The molecule has 2 N–H and O–H groups in total. The number of nitrogens with two attached hydrogens (primary N) is 1. The Labute approximate surface area is 106 Å². The minimum atomic E-state index is -0.279. The van der Waals surface area contributed by atoms with Crippen molar-refractivity contribution in [2.45, 2.75) is 6.04 Å². The quantitative estimate of drug-likeness (QED) is 0.889. The molecule has 0 aliphatic heterocycles. The zero-order chi connectivity index (χ0) is 13.1. The van der Waals surface area contributed by atoms with Gasteiger partial charge in [0.2, 0.25) is 0 Å². The number of aromatic nitrogens is 2. The maximum absolute atomic E-state index is 6.25. The first-order valence-corrected chi connectivity index (χ1v) is 5.62. The van der Waals surface area contributed by atoms with E-state index in [9.17, 15) is 0 Å². The van der Waals surface area contributed by atoms with Crippen LogP contribution in [0.4, 0.5) is 0 Å². The highest BCUT2D eigenvalue weighted by Crippen LogP contribution is 2.31. The molecule has 1 aromatic heterocycles. The van der Waals surface area contributed by atoms with E-state index < -0.39 is 0 Å². The van der Waals surface area contributed by atoms with Gasteiger partial charge in [0.15, 0.2) is 0 Å². The Bertz CT molecular complexity index is 537. The van der Waals surface area contributed by atoms with Crippen molar-refractivity contribution in [2.24, 2.45) is 12.8 Å². The Balaban J connectivity index is 2.41. The van der Waals surface area contributed by atoms with E-state index in [-0.39, 0.29) is 6.04 Å². The van der Waals surface area contributed by atoms with Crippen LogP contribution in [-0.2, 0) is 7.05 Å². The molecule has 0 saturated carbocycles. The predicted octanol–water partition coefficient (Wildman–Crippen LogP) is 1.49. The minimum absolute atomic E-state index is 0.279. The molecule has 5 nitrogen and oxygen atoms in total. The molecule has 1 heterocycles. The standard InChI is InChI=1S/C13H17N3O2/c1-16-11(6-7-15-16)13(14)10-5-4-9(17-2)8-12(10)18-3/h4-8,13H,14H2,1-3H3. The fourth-order valence-corrected chi connectivity index (χ4v) is 1.92. The predicted molar refractivity (Wildman–Crippen MR) is 68.8 cm³/mol. The minimum Gasteiger partial charge on any atom is -0.497 e. The normalized spacial score (nSPS) is 12.2. The maximum atomic E-state index is 6.25. The lowest BCUT2D eigenvalue weighted by Crippen LogP contribution is -2.16. The van der Waals surface area contributed by atoms with Crippen LogP contribution in [0.3, 0.4) is 0 Å². The zero-order valence-electron chi connectivity index (χ0n) is 10.8. The average Bonchev–Trinajstić information content (AvgIpc) is 2.83. The van der Waals surface area contributed by atoms with E-state index in [0.29, 0.717) is 5.75 Å². The van der Waals surface area contributed by atoms with Gasteiger partial charge < -0.3 is 15.2 Å². The monoisotopic (exact) mass is 247 g/mol. The number of aryl methyl sites for hydroxylation is 1. The van der Waals surface area contributed by atoms with Crippen LogP contribution in [0.25, 0.3) is 0 Å². The van der Waals surface area contributed by atoms with E-state index in [0.717, 1.165) is 17.0 Å². The second kappa shape index (κ2) is 5.10. The second-order valence-corrected chi connectivity index (χ2v) is 3.97. The van der Waals surface area contributed by atoms with Crippen LogP contribution in [0.15, 0.2) is 30.5 Å². The van der Waals surface area contributed by atoms with Crippen LogP contribution in [0, 0.1) is 0 Å². The molecular formula is C13H17N3O2. The van der Waals surface area contributed by atoms with Crippen LogP contribution >= 0.6 is 0 Å². The molecule has 0 spiro atoms. The maximum Gasteiger partial charge on any atom is 0.127 e. The summed E-state index contributed by atoms with van der Waals surface area (Å²) in [6.45, 7) is 0. The van der Waals surface area contributed by atoms with Crippen LogP contribution < -0.4 is 15.2 Å². The molecule has 0 amide bonds. The number of rotatable bonds is 4. The highest BCUT2D eigenvalue weighted by Gasteiger charge is 2.17. The third-order valence-electron chi connectivity index (χ3n) is 2.95. The van der Waals surface area contributed by atoms with Crippen molar-refractivity contribution < 1.29 is 9.47 Å². The molecule has 0 saturated heterocycles. The second-order valence-electron chi connectivity index (χ2n) is 3.97. The molecule has 2 rings (SSSR count). The van der Waals surface area contributed by atoms with E-state index >= 15 is 0 Å². The van der Waals surface area contributed by atoms with Gasteiger partial charge in [-0.15, -0.1) is 0 Å². The number of ether oxygens (including phenoxy) is 2. The lowest BCUT2D eigenvalue weighted by molar-refractivity contribution is 0.389. The molecule has 0 aliphatic rings. The van der Waals surface area contributed by atoms with Crippen LogP contribution in [0.2, 0.25) is 0 Å². The largest absolute Gasteiger partial charge is 0.497 e. The molecule has 1 atom stereocenters. The summed E-state index contributed by atoms with van der Waals surface area (Å²) in [4.78, 5) is 0. The molecule has 1 aromatic carbocycles. The van der Waals surface area contributed by atoms with Crippen LogP contribution in [-0.4, -0.2) is 24.0 Å². The Kier molecular flexibility index (Phi) is 3.53. The fraction of sp³-hybridized carbons (Fsp3) is 0.308. The molecule has 1 unspecified atom stereocenters. The van der Waals surface area contributed by atoms with Gasteiger partial charge in [-0.2, -0.15) is 5.10 Å². The van der Waals surface area contributed by atoms with Crippen molar-refractivity contribution >= 4 is 0 Å². The van der Waals surface area contributed by atoms with E-state index in [1.165, 1.54) is 0 Å². The van der Waals surface area contributed by atoms with Gasteiger partial charge in [0.1, 0.15) is 11.5 Å². The smallest absolute Gasteiger partial charge is 0.127 e. The zero-order valence-corrected chi connectivity index (χ0v) is 10.8. The third-order valence-corrected chi connectivity index (χ3v) is 2.95. The number of benzene rings is 1. The Hall–Kier alpha value is -2.01. The first-order chi connectivity index (χ1) is 8.67. The molecule has 0 radical (unpaired) electrons. The van der Waals surface area contributed by atoms with Crippen molar-refractivity contribution in [3.63, 3.8) is 0 Å². The van der Waals surface area contributed by atoms with Gasteiger partial charge in [0.25, 0.3) is 0 Å². The van der Waals surface area contributed by atoms with Gasteiger partial charge in [-0.1, -0.05) is 0 Å². The van der Waals surface area contributed by atoms with Gasteiger partial charge >= 0.3 is 0 Å². The summed E-state index contributed by atoms with van der Waals surface area (Å²) in [5, 5.41) is 4.12. The molecule has 0 aliphatic carbocycles. The van der Waals surface area contributed by atoms with E-state index in [4.69, 9.17) is 15.2 Å². The number of hydrogen-bond acceptors (Lipinski definition) is 4. The summed E-state index contributed by atoms with van der Waals surface area (Å²) < 4.78 is 12.3. The number of hydrogen-bond donors (Lipinski definition) is 1. The van der Waals surface area contributed by atoms with Gasteiger partial charge in [0, 0.05) is 24.9 Å². The van der Waals surface area contributed by atoms with Crippen molar-refractivity contribution in [1.82, 2.24) is 9.78 Å². The summed E-state index contributed by atoms with van der Waals surface area (Å²) >= 11 is 0. The van der Waals surface area contributed by atoms with Crippen LogP contribution in [0.1, 0.15) is 17.3 Å². The molecular weight excluding hydrogens is 230 g/mol. The summed E-state index contributed by atoms with van der Waals surface area (Å²) in [7, 11) is 5.11. The van der Waals surface area contributed by atoms with Gasteiger partial charge in [-0.25, -0.2) is 0 Å². The first-order valence-electron chi connectivity index (χ1n) is 5.62. The highest BCUT2D eigenvalue weighted by atomic mass is 16.5. The average molecular weight is 247 g/mol. The molecule has 2 aromatic rings. The van der Waals surface area contributed by atoms with Gasteiger partial charge in [-0.3, -0.25) is 4.68 Å². The van der Waals surface area contributed by atoms with E-state index in [1.54, 1.807) is 25.1 Å². The lowest BCUT2D eigenvalue weighted by Gasteiger charge is -2.16. The summed E-state index contributed by atoms with van der Waals surface area (Å²) in [5.74, 6) is 1.45. The van der Waals surface area contributed by atoms with E-state index in [1.807, 2.05) is 31.3 Å². The Morgan fingerprint density at radius 1 is 1.22 bits per heavy atom. The molecule has 5 heteroatoms. The van der Waals surface area contributed by atoms with Crippen LogP contribution in [0.5, 0.6) is 11.5 Å². The van der Waals surface area contributed by atoms with Gasteiger partial charge in [0.05, 0.1) is 26.0 Å². The molecule has 0 bridgehead atoms. The van der Waals surface area contributed by atoms with Crippen molar-refractivity contribution in [3.05, 3.63) is 41.7 Å². The van der Waals surface area contributed by atoms with E-state index in [2.05, 4.69) is 5.10 Å². The van der Waals surface area contributed by atoms with Crippen molar-refractivity contribution in [3.8, 4) is 11.5 Å². The first kappa shape index (κ1) is 12.4.